The zero-order valence-electron chi connectivity index (χ0n) is 10.8. The van der Waals surface area contributed by atoms with Crippen molar-refractivity contribution < 1.29 is 22.6 Å². The summed E-state index contributed by atoms with van der Waals surface area (Å²) >= 11 is 0. The number of fused-ring (bicyclic) bond motifs is 1. The van der Waals surface area contributed by atoms with E-state index in [-0.39, 0.29) is 5.52 Å². The lowest BCUT2D eigenvalue weighted by atomic mass is 10.2. The molecular weight excluding hydrogens is 287 g/mol. The molecule has 0 fully saturated rings. The van der Waals surface area contributed by atoms with Gasteiger partial charge in [0.05, 0.1) is 16.6 Å². The minimum atomic E-state index is -4.40. The highest BCUT2D eigenvalue weighted by Crippen LogP contribution is 2.31. The molecule has 0 saturated carbocycles. The lowest BCUT2D eigenvalue weighted by Crippen LogP contribution is -2.21. The first kappa shape index (κ1) is 13.7. The van der Waals surface area contributed by atoms with Crippen molar-refractivity contribution >= 4 is 11.0 Å². The molecule has 0 spiro atoms. The largest absolute Gasteiger partial charge is 0.494 e. The number of H-pyrrole nitrogens is 1. The average Bonchev–Trinajstić information content (AvgIpc) is 2.89. The first-order valence-corrected chi connectivity index (χ1v) is 6.22. The van der Waals surface area contributed by atoms with E-state index in [1.54, 1.807) is 0 Å². The molecule has 0 bridgehead atoms. The van der Waals surface area contributed by atoms with Crippen molar-refractivity contribution in [2.45, 2.75) is 12.2 Å². The monoisotopic (exact) mass is 299 g/mol. The fourth-order valence-electron chi connectivity index (χ4n) is 2.03. The maximum Gasteiger partial charge on any atom is 0.416 e. The maximum absolute atomic E-state index is 12.7. The summed E-state index contributed by atoms with van der Waals surface area (Å²) in [6.07, 6.45) is -3.01. The van der Waals surface area contributed by atoms with E-state index in [0.29, 0.717) is 30.3 Å². The number of nitrogens with zero attached hydrogens (tertiary/aromatic N) is 1. The highest BCUT2D eigenvalue weighted by atomic mass is 19.4. The Labute approximate surface area is 117 Å². The Balaban J connectivity index is 1.95. The highest BCUT2D eigenvalue weighted by Gasteiger charge is 2.31. The summed E-state index contributed by atoms with van der Waals surface area (Å²) in [5, 5.41) is 0. The smallest absolute Gasteiger partial charge is 0.416 e. The van der Waals surface area contributed by atoms with Crippen LogP contribution in [-0.4, -0.2) is 23.2 Å². The van der Waals surface area contributed by atoms with Gasteiger partial charge in [0.1, 0.15) is 31.3 Å². The van der Waals surface area contributed by atoms with Crippen LogP contribution in [0, 0.1) is 0 Å². The lowest BCUT2D eigenvalue weighted by molar-refractivity contribution is -0.137. The minimum absolute atomic E-state index is 0.271. The molecule has 0 aliphatic carbocycles. The second-order valence-corrected chi connectivity index (χ2v) is 4.57. The van der Waals surface area contributed by atoms with Crippen LogP contribution in [0.5, 0.6) is 0 Å². The molecule has 0 radical (unpaired) electrons. The van der Waals surface area contributed by atoms with Gasteiger partial charge in [0.25, 0.3) is 0 Å². The number of nitrogens with two attached hydrogens (primary N) is 1. The summed E-state index contributed by atoms with van der Waals surface area (Å²) in [6.45, 7) is 0.809. The quantitative estimate of drug-likeness (QED) is 0.893. The van der Waals surface area contributed by atoms with Gasteiger partial charge in [-0.1, -0.05) is 0 Å². The van der Waals surface area contributed by atoms with Gasteiger partial charge in [-0.05, 0) is 18.2 Å². The summed E-state index contributed by atoms with van der Waals surface area (Å²) < 4.78 is 48.4. The van der Waals surface area contributed by atoms with Crippen LogP contribution in [0.25, 0.3) is 11.0 Å². The van der Waals surface area contributed by atoms with Crippen LogP contribution in [0.4, 0.5) is 13.2 Å². The number of halogens is 3. The standard InChI is InChI=1S/C13H12F3N3O2/c14-13(15,16)7-1-2-8-9(5-7)19-12(18-8)11(17)10-6-20-3-4-21-10/h1-2,5-6,11H,3-4,17H2,(H,18,19)/t11-/m0/s1. The van der Waals surface area contributed by atoms with Gasteiger partial charge in [-0.2, -0.15) is 13.2 Å². The third-order valence-corrected chi connectivity index (χ3v) is 3.10. The fourth-order valence-corrected chi connectivity index (χ4v) is 2.03. The Bertz CT molecular complexity index is 694. The van der Waals surface area contributed by atoms with Crippen molar-refractivity contribution in [2.24, 2.45) is 5.73 Å². The predicted octanol–water partition coefficient (Wildman–Crippen LogP) is 2.47. The van der Waals surface area contributed by atoms with Crippen molar-refractivity contribution in [3.8, 4) is 0 Å². The molecule has 0 saturated heterocycles. The Morgan fingerprint density at radius 2 is 2.10 bits per heavy atom. The molecule has 21 heavy (non-hydrogen) atoms. The molecule has 1 aromatic carbocycles. The van der Waals surface area contributed by atoms with E-state index in [0.717, 1.165) is 12.1 Å². The molecule has 0 unspecified atom stereocenters. The third-order valence-electron chi connectivity index (χ3n) is 3.10. The summed E-state index contributed by atoms with van der Waals surface area (Å²) in [6, 6.07) is 2.58. The number of benzene rings is 1. The zero-order chi connectivity index (χ0) is 15.0. The van der Waals surface area contributed by atoms with Crippen molar-refractivity contribution in [3.63, 3.8) is 0 Å². The molecular formula is C13H12F3N3O2. The van der Waals surface area contributed by atoms with Gasteiger partial charge in [0.15, 0.2) is 5.76 Å². The lowest BCUT2D eigenvalue weighted by Gasteiger charge is -2.19. The second-order valence-electron chi connectivity index (χ2n) is 4.57. The van der Waals surface area contributed by atoms with E-state index in [1.807, 2.05) is 0 Å². The molecule has 2 heterocycles. The van der Waals surface area contributed by atoms with Gasteiger partial charge in [0.2, 0.25) is 0 Å². The predicted molar refractivity (Wildman–Crippen MR) is 68.0 cm³/mol. The molecule has 2 aromatic rings. The zero-order valence-corrected chi connectivity index (χ0v) is 10.8. The molecule has 112 valence electrons. The van der Waals surface area contributed by atoms with Crippen LogP contribution in [0.1, 0.15) is 17.4 Å². The van der Waals surface area contributed by atoms with E-state index in [4.69, 9.17) is 15.2 Å². The Hall–Kier alpha value is -2.22. The van der Waals surface area contributed by atoms with Crippen LogP contribution in [0.15, 0.2) is 30.2 Å². The number of hydrogen-bond donors (Lipinski definition) is 2. The molecule has 1 aliphatic rings. The van der Waals surface area contributed by atoms with Gasteiger partial charge in [0, 0.05) is 0 Å². The number of ether oxygens (including phenoxy) is 2. The number of nitrogens with one attached hydrogen (secondary N) is 1. The third kappa shape index (κ3) is 2.66. The van der Waals surface area contributed by atoms with E-state index < -0.39 is 17.8 Å². The summed E-state index contributed by atoms with van der Waals surface area (Å²) in [4.78, 5) is 6.98. The Kier molecular flexibility index (Phi) is 3.25. The molecule has 3 rings (SSSR count). The molecule has 1 aromatic heterocycles. The highest BCUT2D eigenvalue weighted by molar-refractivity contribution is 5.76. The van der Waals surface area contributed by atoms with E-state index in [9.17, 15) is 13.2 Å². The molecule has 5 nitrogen and oxygen atoms in total. The van der Waals surface area contributed by atoms with E-state index in [2.05, 4.69) is 9.97 Å². The van der Waals surface area contributed by atoms with Crippen molar-refractivity contribution in [2.75, 3.05) is 13.2 Å². The fraction of sp³-hybridized carbons (Fsp3) is 0.308. The van der Waals surface area contributed by atoms with Crippen molar-refractivity contribution in [1.82, 2.24) is 9.97 Å². The number of rotatable bonds is 2. The van der Waals surface area contributed by atoms with Gasteiger partial charge in [-0.15, -0.1) is 0 Å². The number of aromatic amines is 1. The van der Waals surface area contributed by atoms with Gasteiger partial charge in [-0.25, -0.2) is 4.98 Å². The number of alkyl halides is 3. The van der Waals surface area contributed by atoms with Crippen LogP contribution in [0.2, 0.25) is 0 Å². The summed E-state index contributed by atoms with van der Waals surface area (Å²) in [5.41, 5.74) is 5.91. The van der Waals surface area contributed by atoms with Crippen LogP contribution >= 0.6 is 0 Å². The van der Waals surface area contributed by atoms with Gasteiger partial charge >= 0.3 is 6.18 Å². The summed E-state index contributed by atoms with van der Waals surface area (Å²) in [5.74, 6) is 0.706. The first-order chi connectivity index (χ1) is 9.95. The minimum Gasteiger partial charge on any atom is -0.494 e. The normalized spacial score (nSPS) is 17.0. The molecule has 8 heteroatoms. The second kappa shape index (κ2) is 4.96. The maximum atomic E-state index is 12.7. The summed E-state index contributed by atoms with van der Waals surface area (Å²) in [7, 11) is 0. The SMILES string of the molecule is N[C@@H](C1=COCCO1)c1nc2ccc(C(F)(F)F)cc2[nH]1. The average molecular weight is 299 g/mol. The first-order valence-electron chi connectivity index (χ1n) is 6.22. The molecule has 1 atom stereocenters. The topological polar surface area (TPSA) is 73.2 Å². The molecule has 1 aliphatic heterocycles. The number of hydrogen-bond acceptors (Lipinski definition) is 4. The number of imidazole rings is 1. The van der Waals surface area contributed by atoms with Gasteiger partial charge < -0.3 is 20.2 Å². The van der Waals surface area contributed by atoms with Crippen molar-refractivity contribution in [1.29, 1.82) is 0 Å². The van der Waals surface area contributed by atoms with Gasteiger partial charge in [-0.3, -0.25) is 0 Å². The Morgan fingerprint density at radius 3 is 2.76 bits per heavy atom. The van der Waals surface area contributed by atoms with Crippen molar-refractivity contribution in [3.05, 3.63) is 41.6 Å². The van der Waals surface area contributed by atoms with E-state index in [1.165, 1.54) is 12.3 Å². The van der Waals surface area contributed by atoms with Crippen LogP contribution < -0.4 is 5.73 Å². The van der Waals surface area contributed by atoms with Crippen LogP contribution in [-0.2, 0) is 15.7 Å². The van der Waals surface area contributed by atoms with E-state index >= 15 is 0 Å². The molecule has 3 N–H and O–H groups in total. The molecule has 0 amide bonds. The van der Waals surface area contributed by atoms with Crippen LogP contribution in [0.3, 0.4) is 0 Å². The number of aromatic nitrogens is 2. The Morgan fingerprint density at radius 1 is 1.29 bits per heavy atom.